The number of thiophene rings is 1. The van der Waals surface area contributed by atoms with Gasteiger partial charge < -0.3 is 10.2 Å². The summed E-state index contributed by atoms with van der Waals surface area (Å²) in [6, 6.07) is 22.2. The van der Waals surface area contributed by atoms with E-state index in [0.717, 1.165) is 16.0 Å². The third-order valence-electron chi connectivity index (χ3n) is 4.01. The molecule has 1 aromatic heterocycles. The second kappa shape index (κ2) is 7.97. The van der Waals surface area contributed by atoms with Gasteiger partial charge in [-0.15, -0.1) is 11.3 Å². The SMILES string of the molecule is CN(C)C(=O)CNC(=O)c1ccc(-c2ccc(-c3ccccc3)cc2)s1. The maximum absolute atomic E-state index is 12.2. The Morgan fingerprint density at radius 2 is 1.46 bits per heavy atom. The first-order valence-electron chi connectivity index (χ1n) is 8.28. The molecule has 4 nitrogen and oxygen atoms in total. The van der Waals surface area contributed by atoms with Gasteiger partial charge in [0.05, 0.1) is 11.4 Å². The van der Waals surface area contributed by atoms with Crippen molar-refractivity contribution in [3.63, 3.8) is 0 Å². The second-order valence-electron chi connectivity index (χ2n) is 6.08. The predicted molar refractivity (Wildman–Crippen MR) is 106 cm³/mol. The van der Waals surface area contributed by atoms with Gasteiger partial charge in [0.2, 0.25) is 5.91 Å². The van der Waals surface area contributed by atoms with Crippen LogP contribution in [0.3, 0.4) is 0 Å². The number of hydrogen-bond acceptors (Lipinski definition) is 3. The number of carbonyl (C=O) groups excluding carboxylic acids is 2. The van der Waals surface area contributed by atoms with Gasteiger partial charge in [-0.3, -0.25) is 9.59 Å². The van der Waals surface area contributed by atoms with Gasteiger partial charge >= 0.3 is 0 Å². The van der Waals surface area contributed by atoms with Crippen molar-refractivity contribution in [1.29, 1.82) is 0 Å². The number of rotatable bonds is 5. The highest BCUT2D eigenvalue weighted by atomic mass is 32.1. The maximum Gasteiger partial charge on any atom is 0.261 e. The highest BCUT2D eigenvalue weighted by molar-refractivity contribution is 7.17. The fraction of sp³-hybridized carbons (Fsp3) is 0.143. The Kier molecular flexibility index (Phi) is 5.49. The lowest BCUT2D eigenvalue weighted by atomic mass is 10.0. The molecule has 5 heteroatoms. The number of hydrogen-bond donors (Lipinski definition) is 1. The van der Waals surface area contributed by atoms with Gasteiger partial charge in [-0.05, 0) is 28.8 Å². The molecule has 2 aromatic carbocycles. The van der Waals surface area contributed by atoms with E-state index in [1.165, 1.54) is 21.8 Å². The van der Waals surface area contributed by atoms with E-state index in [1.54, 1.807) is 20.2 Å². The van der Waals surface area contributed by atoms with Crippen molar-refractivity contribution < 1.29 is 9.59 Å². The van der Waals surface area contributed by atoms with Crippen LogP contribution in [0.25, 0.3) is 21.6 Å². The van der Waals surface area contributed by atoms with Crippen LogP contribution in [0.2, 0.25) is 0 Å². The Hall–Kier alpha value is -2.92. The molecule has 1 N–H and O–H groups in total. The Morgan fingerprint density at radius 3 is 2.12 bits per heavy atom. The summed E-state index contributed by atoms with van der Waals surface area (Å²) in [5, 5.41) is 2.66. The van der Waals surface area contributed by atoms with E-state index in [9.17, 15) is 9.59 Å². The van der Waals surface area contributed by atoms with Crippen LogP contribution in [0.5, 0.6) is 0 Å². The predicted octanol–water partition coefficient (Wildman–Crippen LogP) is 3.90. The highest BCUT2D eigenvalue weighted by Crippen LogP contribution is 2.30. The smallest absolute Gasteiger partial charge is 0.261 e. The molecule has 0 saturated carbocycles. The quantitative estimate of drug-likeness (QED) is 0.746. The molecule has 132 valence electrons. The molecular weight excluding hydrogens is 344 g/mol. The minimum atomic E-state index is -0.225. The third kappa shape index (κ3) is 4.18. The number of nitrogens with zero attached hydrogens (tertiary/aromatic N) is 1. The molecular formula is C21H20N2O2S. The van der Waals surface area contributed by atoms with Crippen LogP contribution in [0, 0.1) is 0 Å². The van der Waals surface area contributed by atoms with Crippen LogP contribution in [0.15, 0.2) is 66.7 Å². The first-order chi connectivity index (χ1) is 12.5. The van der Waals surface area contributed by atoms with Crippen molar-refractivity contribution in [1.82, 2.24) is 10.2 Å². The van der Waals surface area contributed by atoms with Crippen LogP contribution in [-0.2, 0) is 4.79 Å². The van der Waals surface area contributed by atoms with Gasteiger partial charge in [0, 0.05) is 19.0 Å². The van der Waals surface area contributed by atoms with Gasteiger partial charge in [0.25, 0.3) is 5.91 Å². The Labute approximate surface area is 157 Å². The number of carbonyl (C=O) groups is 2. The van der Waals surface area contributed by atoms with Crippen LogP contribution >= 0.6 is 11.3 Å². The summed E-state index contributed by atoms with van der Waals surface area (Å²) in [6.45, 7) is 0.00480. The monoisotopic (exact) mass is 364 g/mol. The van der Waals surface area contributed by atoms with Crippen LogP contribution in [-0.4, -0.2) is 37.4 Å². The van der Waals surface area contributed by atoms with E-state index in [2.05, 4.69) is 41.7 Å². The Morgan fingerprint density at radius 1 is 0.846 bits per heavy atom. The van der Waals surface area contributed by atoms with Gasteiger partial charge in [-0.2, -0.15) is 0 Å². The molecule has 0 aliphatic carbocycles. The highest BCUT2D eigenvalue weighted by Gasteiger charge is 2.12. The van der Waals surface area contributed by atoms with Crippen molar-refractivity contribution in [3.05, 3.63) is 71.6 Å². The molecule has 3 aromatic rings. The molecule has 0 saturated heterocycles. The molecule has 0 spiro atoms. The molecule has 0 bridgehead atoms. The van der Waals surface area contributed by atoms with Gasteiger partial charge in [0.15, 0.2) is 0 Å². The largest absolute Gasteiger partial charge is 0.347 e. The molecule has 3 rings (SSSR count). The summed E-state index contributed by atoms with van der Waals surface area (Å²) in [5.41, 5.74) is 3.40. The molecule has 0 unspecified atom stereocenters. The lowest BCUT2D eigenvalue weighted by Gasteiger charge is -2.10. The first-order valence-corrected chi connectivity index (χ1v) is 9.10. The van der Waals surface area contributed by atoms with Crippen LogP contribution in [0.4, 0.5) is 0 Å². The summed E-state index contributed by atoms with van der Waals surface area (Å²) < 4.78 is 0. The molecule has 0 radical (unpaired) electrons. The normalized spacial score (nSPS) is 10.4. The third-order valence-corrected chi connectivity index (χ3v) is 5.14. The number of nitrogens with one attached hydrogen (secondary N) is 1. The van der Waals surface area contributed by atoms with Crippen LogP contribution in [0.1, 0.15) is 9.67 Å². The Bertz CT molecular complexity index is 899. The van der Waals surface area contributed by atoms with E-state index >= 15 is 0 Å². The lowest BCUT2D eigenvalue weighted by Crippen LogP contribution is -2.35. The standard InChI is InChI=1S/C21H20N2O2S/c1-23(2)20(24)14-22-21(25)19-13-12-18(26-19)17-10-8-16(9-11-17)15-6-4-3-5-7-15/h3-13H,14H2,1-2H3,(H,22,25). The average molecular weight is 364 g/mol. The first kappa shape index (κ1) is 17.9. The van der Waals surface area contributed by atoms with Crippen molar-refractivity contribution in [3.8, 4) is 21.6 Å². The number of amides is 2. The zero-order chi connectivity index (χ0) is 18.5. The molecule has 0 aliphatic heterocycles. The summed E-state index contributed by atoms with van der Waals surface area (Å²) in [5.74, 6) is -0.357. The van der Waals surface area contributed by atoms with Crippen molar-refractivity contribution in [2.45, 2.75) is 0 Å². The average Bonchev–Trinajstić information content (AvgIpc) is 3.17. The summed E-state index contributed by atoms with van der Waals surface area (Å²) in [6.07, 6.45) is 0. The minimum absolute atomic E-state index is 0.00480. The number of likely N-dealkylation sites (N-methyl/N-ethyl adjacent to an activating group) is 1. The molecule has 1 heterocycles. The molecule has 0 fully saturated rings. The molecule has 0 atom stereocenters. The van der Waals surface area contributed by atoms with E-state index in [0.29, 0.717) is 4.88 Å². The maximum atomic E-state index is 12.2. The van der Waals surface area contributed by atoms with Crippen molar-refractivity contribution >= 4 is 23.2 Å². The van der Waals surface area contributed by atoms with E-state index < -0.39 is 0 Å². The van der Waals surface area contributed by atoms with E-state index in [-0.39, 0.29) is 18.4 Å². The Balaban J connectivity index is 1.69. The zero-order valence-electron chi connectivity index (χ0n) is 14.7. The lowest BCUT2D eigenvalue weighted by molar-refractivity contribution is -0.127. The zero-order valence-corrected chi connectivity index (χ0v) is 15.5. The molecule has 26 heavy (non-hydrogen) atoms. The van der Waals surface area contributed by atoms with Crippen LogP contribution < -0.4 is 5.32 Å². The van der Waals surface area contributed by atoms with E-state index in [4.69, 9.17) is 0 Å². The summed E-state index contributed by atoms with van der Waals surface area (Å²) >= 11 is 1.42. The second-order valence-corrected chi connectivity index (χ2v) is 7.16. The van der Waals surface area contributed by atoms with E-state index in [1.807, 2.05) is 24.3 Å². The minimum Gasteiger partial charge on any atom is -0.347 e. The van der Waals surface area contributed by atoms with Gasteiger partial charge in [-0.1, -0.05) is 54.6 Å². The molecule has 2 amide bonds. The topological polar surface area (TPSA) is 49.4 Å². The summed E-state index contributed by atoms with van der Waals surface area (Å²) in [4.78, 5) is 26.8. The summed E-state index contributed by atoms with van der Waals surface area (Å²) in [7, 11) is 3.33. The fourth-order valence-corrected chi connectivity index (χ4v) is 3.40. The van der Waals surface area contributed by atoms with Crippen molar-refractivity contribution in [2.75, 3.05) is 20.6 Å². The molecule has 0 aliphatic rings. The van der Waals surface area contributed by atoms with Gasteiger partial charge in [-0.25, -0.2) is 0 Å². The number of benzene rings is 2. The van der Waals surface area contributed by atoms with Gasteiger partial charge in [0.1, 0.15) is 0 Å². The van der Waals surface area contributed by atoms with Crippen molar-refractivity contribution in [2.24, 2.45) is 0 Å². The fourth-order valence-electron chi connectivity index (χ4n) is 2.47.